The molecule has 180 valence electrons. The Morgan fingerprint density at radius 1 is 1.09 bits per heavy atom. The molecule has 3 amide bonds. The number of amides is 3. The van der Waals surface area contributed by atoms with Crippen LogP contribution in [0.2, 0.25) is 0 Å². The van der Waals surface area contributed by atoms with Crippen molar-refractivity contribution in [3.8, 4) is 0 Å². The number of thiol groups is 1. The van der Waals surface area contributed by atoms with Gasteiger partial charge in [0.2, 0.25) is 17.7 Å². The molecule has 0 saturated heterocycles. The quantitative estimate of drug-likeness (QED) is 0.153. The summed E-state index contributed by atoms with van der Waals surface area (Å²) in [4.78, 5) is 55.7. The van der Waals surface area contributed by atoms with Gasteiger partial charge in [-0.2, -0.15) is 12.6 Å². The smallest absolute Gasteiger partial charge is 0.327 e. The second kappa shape index (κ2) is 13.0. The first-order chi connectivity index (χ1) is 15.0. The van der Waals surface area contributed by atoms with Gasteiger partial charge < -0.3 is 36.9 Å². The highest BCUT2D eigenvalue weighted by Gasteiger charge is 2.32. The Morgan fingerprint density at radius 2 is 1.72 bits per heavy atom. The molecule has 1 heterocycles. The number of hydrogen-bond donors (Lipinski definition) is 8. The first-order valence-corrected chi connectivity index (χ1v) is 10.7. The summed E-state index contributed by atoms with van der Waals surface area (Å²) >= 11 is 3.87. The lowest BCUT2D eigenvalue weighted by Crippen LogP contribution is -2.60. The van der Waals surface area contributed by atoms with Crippen LogP contribution in [0.25, 0.3) is 0 Å². The van der Waals surface area contributed by atoms with Crippen LogP contribution in [0.4, 0.5) is 0 Å². The first kappa shape index (κ1) is 27.4. The zero-order valence-electron chi connectivity index (χ0n) is 18.2. The predicted molar refractivity (Wildman–Crippen MR) is 119 cm³/mol. The molecule has 0 aliphatic rings. The van der Waals surface area contributed by atoms with Crippen LogP contribution in [0.5, 0.6) is 0 Å². The molecule has 0 saturated carbocycles. The molecule has 1 aromatic rings. The third kappa shape index (κ3) is 8.85. The number of nitrogens with zero attached hydrogens (tertiary/aromatic N) is 1. The highest BCUT2D eigenvalue weighted by Crippen LogP contribution is 2.06. The number of carboxylic acids is 1. The molecule has 5 unspecified atom stereocenters. The van der Waals surface area contributed by atoms with Gasteiger partial charge in [-0.15, -0.1) is 0 Å². The number of nitrogens with one attached hydrogen (secondary N) is 4. The van der Waals surface area contributed by atoms with Crippen LogP contribution < -0.4 is 21.7 Å². The summed E-state index contributed by atoms with van der Waals surface area (Å²) in [5.41, 5.74) is 6.45. The van der Waals surface area contributed by atoms with Crippen LogP contribution in [0.3, 0.4) is 0 Å². The summed E-state index contributed by atoms with van der Waals surface area (Å²) in [7, 11) is 0. The molecule has 0 aromatic carbocycles. The molecule has 1 aromatic heterocycles. The fraction of sp³-hybridized carbons (Fsp3) is 0.632. The average Bonchev–Trinajstić information content (AvgIpc) is 3.21. The molecule has 1 rings (SSSR count). The Hall–Kier alpha value is -2.64. The molecule has 0 spiro atoms. The second-order valence-electron chi connectivity index (χ2n) is 7.89. The number of carbonyl (C=O) groups is 4. The Balaban J connectivity index is 2.98. The summed E-state index contributed by atoms with van der Waals surface area (Å²) in [5, 5.41) is 26.2. The van der Waals surface area contributed by atoms with E-state index in [1.165, 1.54) is 19.4 Å². The number of aliphatic carboxylic acids is 1. The predicted octanol–water partition coefficient (Wildman–Crippen LogP) is -1.82. The Kier molecular flexibility index (Phi) is 11.2. The summed E-state index contributed by atoms with van der Waals surface area (Å²) in [6.07, 6.45) is 1.97. The van der Waals surface area contributed by atoms with Crippen molar-refractivity contribution < 1.29 is 29.4 Å². The molecular formula is C19H32N6O6S. The molecule has 0 aliphatic heterocycles. The molecule has 0 aliphatic carbocycles. The molecule has 8 N–H and O–H groups in total. The number of aliphatic hydroxyl groups excluding tert-OH is 1. The molecule has 12 nitrogen and oxygen atoms in total. The monoisotopic (exact) mass is 472 g/mol. The summed E-state index contributed by atoms with van der Waals surface area (Å²) in [6.45, 7) is 5.08. The Bertz CT molecular complexity index is 772. The number of aromatic nitrogens is 2. The average molecular weight is 473 g/mol. The van der Waals surface area contributed by atoms with E-state index in [0.29, 0.717) is 12.1 Å². The van der Waals surface area contributed by atoms with Gasteiger partial charge in [0.1, 0.15) is 18.1 Å². The number of carbonyl (C=O) groups excluding carboxylic acids is 3. The Labute approximate surface area is 191 Å². The number of carboxylic acid groups (broad SMARTS) is 1. The lowest BCUT2D eigenvalue weighted by Gasteiger charge is -2.26. The highest BCUT2D eigenvalue weighted by atomic mass is 32.1. The third-order valence-electron chi connectivity index (χ3n) is 4.53. The van der Waals surface area contributed by atoms with Gasteiger partial charge in [0.05, 0.1) is 18.5 Å². The minimum atomic E-state index is -1.46. The Morgan fingerprint density at radius 3 is 2.19 bits per heavy atom. The standard InChI is InChI=1S/C19H32N6O6S/c1-9(2)4-12(20)16(27)23-13(5-11-6-21-8-22-11)17(28)25-15(10(3)26)18(29)24-14(7-32)19(30)31/h6,8-10,12-15,26,32H,4-5,7,20H2,1-3H3,(H,21,22)(H,23,27)(H,24,29)(H,25,28)(H,30,31). The van der Waals surface area contributed by atoms with E-state index >= 15 is 0 Å². The first-order valence-electron chi connectivity index (χ1n) is 10.1. The van der Waals surface area contributed by atoms with Crippen molar-refractivity contribution in [2.24, 2.45) is 11.7 Å². The zero-order valence-corrected chi connectivity index (χ0v) is 19.1. The van der Waals surface area contributed by atoms with E-state index in [1.807, 2.05) is 13.8 Å². The third-order valence-corrected chi connectivity index (χ3v) is 4.90. The van der Waals surface area contributed by atoms with Crippen LogP contribution in [0, 0.1) is 5.92 Å². The molecule has 0 bridgehead atoms. The van der Waals surface area contributed by atoms with Gasteiger partial charge in [-0.1, -0.05) is 13.8 Å². The topological polar surface area (TPSA) is 200 Å². The van der Waals surface area contributed by atoms with Crippen LogP contribution in [-0.4, -0.2) is 79.9 Å². The van der Waals surface area contributed by atoms with Crippen molar-refractivity contribution in [1.82, 2.24) is 25.9 Å². The number of aromatic amines is 1. The van der Waals surface area contributed by atoms with Crippen LogP contribution in [0.1, 0.15) is 32.9 Å². The van der Waals surface area contributed by atoms with Gasteiger partial charge in [-0.25, -0.2) is 9.78 Å². The van der Waals surface area contributed by atoms with Crippen molar-refractivity contribution in [3.63, 3.8) is 0 Å². The number of hydrogen-bond acceptors (Lipinski definition) is 8. The van der Waals surface area contributed by atoms with Crippen LogP contribution in [0.15, 0.2) is 12.5 Å². The number of aliphatic hydroxyl groups is 1. The van der Waals surface area contributed by atoms with Crippen molar-refractivity contribution in [2.45, 2.75) is 63.9 Å². The molecule has 0 radical (unpaired) electrons. The SMILES string of the molecule is CC(C)CC(N)C(=O)NC(Cc1cnc[nH]1)C(=O)NC(C(=O)NC(CS)C(=O)O)C(C)O. The van der Waals surface area contributed by atoms with E-state index in [-0.39, 0.29) is 18.1 Å². The van der Waals surface area contributed by atoms with Gasteiger partial charge in [-0.3, -0.25) is 14.4 Å². The number of rotatable bonds is 13. The van der Waals surface area contributed by atoms with Gasteiger partial charge in [0, 0.05) is 24.1 Å². The van der Waals surface area contributed by atoms with Gasteiger partial charge in [0.15, 0.2) is 0 Å². The van der Waals surface area contributed by atoms with E-state index in [9.17, 15) is 24.3 Å². The van der Waals surface area contributed by atoms with E-state index in [2.05, 4.69) is 38.5 Å². The maximum atomic E-state index is 12.9. The largest absolute Gasteiger partial charge is 0.480 e. The van der Waals surface area contributed by atoms with Crippen LogP contribution in [-0.2, 0) is 25.6 Å². The number of nitrogens with two attached hydrogens (primary N) is 1. The normalized spacial score (nSPS) is 15.8. The summed E-state index contributed by atoms with van der Waals surface area (Å²) < 4.78 is 0. The minimum Gasteiger partial charge on any atom is -0.480 e. The molecule has 13 heteroatoms. The maximum Gasteiger partial charge on any atom is 0.327 e. The van der Waals surface area contributed by atoms with E-state index < -0.39 is 54.0 Å². The highest BCUT2D eigenvalue weighted by molar-refractivity contribution is 7.80. The van der Waals surface area contributed by atoms with Gasteiger partial charge in [-0.05, 0) is 19.3 Å². The maximum absolute atomic E-state index is 12.9. The van der Waals surface area contributed by atoms with Crippen molar-refractivity contribution in [2.75, 3.05) is 5.75 Å². The molecule has 5 atom stereocenters. The van der Waals surface area contributed by atoms with Gasteiger partial charge >= 0.3 is 5.97 Å². The molecular weight excluding hydrogens is 440 g/mol. The lowest BCUT2D eigenvalue weighted by atomic mass is 10.0. The lowest BCUT2D eigenvalue weighted by molar-refractivity contribution is -0.142. The zero-order chi connectivity index (χ0) is 24.4. The second-order valence-corrected chi connectivity index (χ2v) is 8.25. The van der Waals surface area contributed by atoms with Gasteiger partial charge in [0.25, 0.3) is 0 Å². The van der Waals surface area contributed by atoms with Crippen molar-refractivity contribution in [3.05, 3.63) is 18.2 Å². The summed E-state index contributed by atoms with van der Waals surface area (Å²) in [5.74, 6) is -3.55. The van der Waals surface area contributed by atoms with E-state index in [0.717, 1.165) is 0 Å². The number of imidazole rings is 1. The minimum absolute atomic E-state index is 0.0223. The van der Waals surface area contributed by atoms with Crippen molar-refractivity contribution in [1.29, 1.82) is 0 Å². The number of H-pyrrole nitrogens is 1. The summed E-state index contributed by atoms with van der Waals surface area (Å²) in [6, 6.07) is -4.74. The van der Waals surface area contributed by atoms with Crippen molar-refractivity contribution >= 4 is 36.3 Å². The van der Waals surface area contributed by atoms with E-state index in [4.69, 9.17) is 10.8 Å². The van der Waals surface area contributed by atoms with Crippen LogP contribution >= 0.6 is 12.6 Å². The van der Waals surface area contributed by atoms with E-state index in [1.54, 1.807) is 0 Å². The fourth-order valence-electron chi connectivity index (χ4n) is 2.83. The molecule has 0 fully saturated rings. The fourth-order valence-corrected chi connectivity index (χ4v) is 3.07. The molecule has 32 heavy (non-hydrogen) atoms.